The molecule has 0 aromatic heterocycles. The quantitative estimate of drug-likeness (QED) is 0.608. The number of aliphatic hydroxyl groups is 1. The first kappa shape index (κ1) is 9.95. The largest absolute Gasteiger partial charge is 0.395 e. The van der Waals surface area contributed by atoms with Crippen molar-refractivity contribution in [3.8, 4) is 0 Å². The van der Waals surface area contributed by atoms with E-state index in [4.69, 9.17) is 10.8 Å². The molecule has 0 radical (unpaired) electrons. The van der Waals surface area contributed by atoms with Gasteiger partial charge in [-0.15, -0.1) is 0 Å². The maximum Gasteiger partial charge on any atom is 0.154 e. The highest BCUT2D eigenvalue weighted by Crippen LogP contribution is 2.34. The van der Waals surface area contributed by atoms with E-state index in [2.05, 4.69) is 0 Å². The summed E-state index contributed by atoms with van der Waals surface area (Å²) in [6.07, 6.45) is 3.11. The van der Waals surface area contributed by atoms with E-state index in [0.717, 1.165) is 19.1 Å². The van der Waals surface area contributed by atoms with Crippen molar-refractivity contribution in [2.75, 3.05) is 12.9 Å². The van der Waals surface area contributed by atoms with E-state index in [-0.39, 0.29) is 12.6 Å². The number of hydrogen-bond acceptors (Lipinski definition) is 4. The molecule has 1 rings (SSSR count). The molecule has 0 aliphatic heterocycles. The number of aliphatic hydroxyl groups excluding tert-OH is 1. The Morgan fingerprint density at radius 1 is 1.58 bits per heavy atom. The van der Waals surface area contributed by atoms with Crippen molar-refractivity contribution in [2.45, 2.75) is 24.1 Å². The van der Waals surface area contributed by atoms with E-state index in [1.807, 2.05) is 0 Å². The van der Waals surface area contributed by atoms with Crippen LogP contribution in [0.15, 0.2) is 0 Å². The SMILES string of the molecule is CS(=O)(=O)[C@H](CO)[C@H](N)C1CC1. The summed E-state index contributed by atoms with van der Waals surface area (Å²) < 4.78 is 22.2. The van der Waals surface area contributed by atoms with Crippen LogP contribution in [0.1, 0.15) is 12.8 Å². The predicted molar refractivity (Wildman–Crippen MR) is 46.4 cm³/mol. The van der Waals surface area contributed by atoms with E-state index < -0.39 is 15.1 Å². The van der Waals surface area contributed by atoms with Gasteiger partial charge in [-0.2, -0.15) is 0 Å². The zero-order valence-electron chi connectivity index (χ0n) is 7.10. The van der Waals surface area contributed by atoms with Gasteiger partial charge in [0.1, 0.15) is 0 Å². The molecule has 72 valence electrons. The average molecular weight is 193 g/mol. The Kier molecular flexibility index (Phi) is 2.75. The summed E-state index contributed by atoms with van der Waals surface area (Å²) in [4.78, 5) is 0. The zero-order chi connectivity index (χ0) is 9.35. The molecule has 0 heterocycles. The Bertz CT molecular complexity index is 245. The molecule has 1 fully saturated rings. The van der Waals surface area contributed by atoms with E-state index in [1.54, 1.807) is 0 Å². The third-order valence-corrected chi connectivity index (χ3v) is 3.89. The summed E-state index contributed by atoms with van der Waals surface area (Å²) in [5.41, 5.74) is 5.68. The Labute approximate surface area is 72.7 Å². The van der Waals surface area contributed by atoms with Crippen molar-refractivity contribution in [3.05, 3.63) is 0 Å². The Hall–Kier alpha value is -0.130. The van der Waals surface area contributed by atoms with Crippen molar-refractivity contribution < 1.29 is 13.5 Å². The van der Waals surface area contributed by atoms with Gasteiger partial charge in [-0.05, 0) is 18.8 Å². The molecule has 0 spiro atoms. The minimum absolute atomic E-state index is 0.303. The molecule has 0 unspecified atom stereocenters. The monoisotopic (exact) mass is 193 g/mol. The van der Waals surface area contributed by atoms with Crippen LogP contribution in [0.5, 0.6) is 0 Å². The molecule has 0 aromatic carbocycles. The molecule has 4 nitrogen and oxygen atoms in total. The van der Waals surface area contributed by atoms with Crippen LogP contribution in [-0.4, -0.2) is 37.7 Å². The van der Waals surface area contributed by atoms with Gasteiger partial charge in [0.25, 0.3) is 0 Å². The lowest BCUT2D eigenvalue weighted by Crippen LogP contribution is -2.44. The van der Waals surface area contributed by atoms with Crippen LogP contribution in [0.2, 0.25) is 0 Å². The predicted octanol–water partition coefficient (Wildman–Crippen LogP) is -0.871. The first-order valence-electron chi connectivity index (χ1n) is 4.02. The highest BCUT2D eigenvalue weighted by Gasteiger charge is 2.38. The van der Waals surface area contributed by atoms with Gasteiger partial charge in [-0.25, -0.2) is 8.42 Å². The maximum absolute atomic E-state index is 11.1. The topological polar surface area (TPSA) is 80.4 Å². The van der Waals surface area contributed by atoms with Gasteiger partial charge in [-0.1, -0.05) is 0 Å². The lowest BCUT2D eigenvalue weighted by molar-refractivity contribution is 0.272. The standard InChI is InChI=1S/C7H15NO3S/c1-12(10,11)6(4-9)7(8)5-2-3-5/h5-7,9H,2-4,8H2,1H3/t6-,7-/m1/s1. The first-order chi connectivity index (χ1) is 5.46. The van der Waals surface area contributed by atoms with Crippen molar-refractivity contribution in [3.63, 3.8) is 0 Å². The first-order valence-corrected chi connectivity index (χ1v) is 5.97. The lowest BCUT2D eigenvalue weighted by Gasteiger charge is -2.19. The molecule has 1 saturated carbocycles. The van der Waals surface area contributed by atoms with Gasteiger partial charge in [0, 0.05) is 12.3 Å². The van der Waals surface area contributed by atoms with Crippen molar-refractivity contribution in [2.24, 2.45) is 11.7 Å². The summed E-state index contributed by atoms with van der Waals surface area (Å²) in [7, 11) is -3.19. The second-order valence-corrected chi connectivity index (χ2v) is 5.73. The third kappa shape index (κ3) is 2.18. The van der Waals surface area contributed by atoms with Crippen molar-refractivity contribution in [1.82, 2.24) is 0 Å². The molecule has 3 N–H and O–H groups in total. The van der Waals surface area contributed by atoms with Crippen LogP contribution in [0.25, 0.3) is 0 Å². The Morgan fingerprint density at radius 2 is 2.08 bits per heavy atom. The van der Waals surface area contributed by atoms with Crippen molar-refractivity contribution >= 4 is 9.84 Å². The summed E-state index contributed by atoms with van der Waals surface area (Å²) in [5.74, 6) is 0.303. The van der Waals surface area contributed by atoms with Gasteiger partial charge in [-0.3, -0.25) is 0 Å². The minimum Gasteiger partial charge on any atom is -0.395 e. The molecule has 0 saturated heterocycles. The van der Waals surface area contributed by atoms with E-state index >= 15 is 0 Å². The highest BCUT2D eigenvalue weighted by atomic mass is 32.2. The van der Waals surface area contributed by atoms with Crippen LogP contribution in [0.3, 0.4) is 0 Å². The maximum atomic E-state index is 11.1. The van der Waals surface area contributed by atoms with Crippen LogP contribution in [-0.2, 0) is 9.84 Å². The molecule has 1 aliphatic carbocycles. The number of rotatable bonds is 4. The average Bonchev–Trinajstić information content (AvgIpc) is 2.65. The van der Waals surface area contributed by atoms with Crippen LogP contribution in [0.4, 0.5) is 0 Å². The highest BCUT2D eigenvalue weighted by molar-refractivity contribution is 7.91. The van der Waals surface area contributed by atoms with E-state index in [1.165, 1.54) is 0 Å². The molecule has 0 amide bonds. The number of nitrogens with two attached hydrogens (primary N) is 1. The molecule has 0 aromatic rings. The van der Waals surface area contributed by atoms with Gasteiger partial charge in [0.2, 0.25) is 0 Å². The molecule has 12 heavy (non-hydrogen) atoms. The van der Waals surface area contributed by atoms with Gasteiger partial charge >= 0.3 is 0 Å². The van der Waals surface area contributed by atoms with E-state index in [9.17, 15) is 8.42 Å². The van der Waals surface area contributed by atoms with Gasteiger partial charge in [0.15, 0.2) is 9.84 Å². The third-order valence-electron chi connectivity index (χ3n) is 2.33. The number of hydrogen-bond donors (Lipinski definition) is 2. The fraction of sp³-hybridized carbons (Fsp3) is 1.00. The second kappa shape index (κ2) is 3.32. The Balaban J connectivity index is 2.67. The molecule has 1 aliphatic rings. The van der Waals surface area contributed by atoms with Crippen LogP contribution < -0.4 is 5.73 Å². The van der Waals surface area contributed by atoms with Gasteiger partial charge < -0.3 is 10.8 Å². The normalized spacial score (nSPS) is 23.6. The molecular weight excluding hydrogens is 178 g/mol. The fourth-order valence-corrected chi connectivity index (χ4v) is 2.39. The summed E-state index contributed by atoms with van der Waals surface area (Å²) in [6, 6.07) is -0.384. The molecule has 0 bridgehead atoms. The molecule has 5 heteroatoms. The smallest absolute Gasteiger partial charge is 0.154 e. The summed E-state index contributed by atoms with van der Waals surface area (Å²) >= 11 is 0. The second-order valence-electron chi connectivity index (χ2n) is 3.47. The summed E-state index contributed by atoms with van der Waals surface area (Å²) in [5, 5.41) is 8.08. The Morgan fingerprint density at radius 3 is 2.33 bits per heavy atom. The fourth-order valence-electron chi connectivity index (χ4n) is 1.33. The van der Waals surface area contributed by atoms with Gasteiger partial charge in [0.05, 0.1) is 11.9 Å². The molecular formula is C7H15NO3S. The summed E-state index contributed by atoms with van der Waals surface area (Å²) in [6.45, 7) is -0.365. The zero-order valence-corrected chi connectivity index (χ0v) is 7.92. The van der Waals surface area contributed by atoms with Crippen LogP contribution in [0, 0.1) is 5.92 Å². The van der Waals surface area contributed by atoms with Crippen molar-refractivity contribution in [1.29, 1.82) is 0 Å². The molecule has 2 atom stereocenters. The van der Waals surface area contributed by atoms with E-state index in [0.29, 0.717) is 5.92 Å². The minimum atomic E-state index is -3.19. The van der Waals surface area contributed by atoms with Crippen LogP contribution >= 0.6 is 0 Å². The number of sulfone groups is 1. The lowest BCUT2D eigenvalue weighted by atomic mass is 10.1.